The third-order valence-corrected chi connectivity index (χ3v) is 3.19. The maximum atomic E-state index is 11.1. The van der Waals surface area contributed by atoms with Crippen molar-refractivity contribution in [3.05, 3.63) is 29.3 Å². The molecule has 17 heavy (non-hydrogen) atoms. The first-order chi connectivity index (χ1) is 8.06. The van der Waals surface area contributed by atoms with Gasteiger partial charge in [-0.3, -0.25) is 4.79 Å². The number of ether oxygens (including phenoxy) is 1. The Kier molecular flexibility index (Phi) is 3.33. The summed E-state index contributed by atoms with van der Waals surface area (Å²) >= 11 is 0. The van der Waals surface area contributed by atoms with Crippen molar-refractivity contribution in [3.63, 3.8) is 0 Å². The molecule has 0 aliphatic heterocycles. The number of rotatable bonds is 3. The van der Waals surface area contributed by atoms with E-state index < -0.39 is 5.91 Å². The molecule has 0 spiro atoms. The van der Waals surface area contributed by atoms with Crippen molar-refractivity contribution in [1.82, 2.24) is 0 Å². The van der Waals surface area contributed by atoms with Gasteiger partial charge in [0.25, 0.3) is 0 Å². The minimum Gasteiger partial charge on any atom is -0.490 e. The van der Waals surface area contributed by atoms with E-state index in [1.807, 2.05) is 13.0 Å². The molecule has 4 nitrogen and oxygen atoms in total. The van der Waals surface area contributed by atoms with Gasteiger partial charge in [-0.25, -0.2) is 0 Å². The smallest absolute Gasteiger partial charge is 0.248 e. The standard InChI is InChI=1S/C13H18N2O2/c1-8-6-10(4-5-12(8)13(15)16)17-11-3-2-9(14)7-11/h4-6,9,11H,2-3,7,14H2,1H3,(H2,15,16). The fraction of sp³-hybridized carbons (Fsp3) is 0.462. The Morgan fingerprint density at radius 2 is 2.18 bits per heavy atom. The Labute approximate surface area is 101 Å². The minimum absolute atomic E-state index is 0.198. The molecule has 0 bridgehead atoms. The van der Waals surface area contributed by atoms with E-state index in [2.05, 4.69) is 0 Å². The summed E-state index contributed by atoms with van der Waals surface area (Å²) in [5.41, 5.74) is 12.5. The van der Waals surface area contributed by atoms with Crippen LogP contribution in [0.15, 0.2) is 18.2 Å². The normalized spacial score (nSPS) is 23.6. The third-order valence-electron chi connectivity index (χ3n) is 3.19. The third kappa shape index (κ3) is 2.77. The van der Waals surface area contributed by atoms with Gasteiger partial charge in [0.2, 0.25) is 5.91 Å². The number of primary amides is 1. The summed E-state index contributed by atoms with van der Waals surface area (Å²) in [4.78, 5) is 11.1. The molecule has 0 aromatic heterocycles. The highest BCUT2D eigenvalue weighted by molar-refractivity contribution is 5.94. The number of benzene rings is 1. The van der Waals surface area contributed by atoms with Crippen molar-refractivity contribution in [2.24, 2.45) is 11.5 Å². The zero-order valence-electron chi connectivity index (χ0n) is 9.98. The lowest BCUT2D eigenvalue weighted by Crippen LogP contribution is -2.19. The first-order valence-electron chi connectivity index (χ1n) is 5.89. The monoisotopic (exact) mass is 234 g/mol. The van der Waals surface area contributed by atoms with Crippen molar-refractivity contribution in [2.45, 2.75) is 38.3 Å². The second kappa shape index (κ2) is 4.75. The van der Waals surface area contributed by atoms with Crippen LogP contribution in [0.4, 0.5) is 0 Å². The van der Waals surface area contributed by atoms with Crippen LogP contribution >= 0.6 is 0 Å². The van der Waals surface area contributed by atoms with Gasteiger partial charge in [-0.15, -0.1) is 0 Å². The largest absolute Gasteiger partial charge is 0.490 e. The predicted octanol–water partition coefficient (Wildman–Crippen LogP) is 1.35. The lowest BCUT2D eigenvalue weighted by atomic mass is 10.1. The topological polar surface area (TPSA) is 78.3 Å². The van der Waals surface area contributed by atoms with Crippen LogP contribution in [0.3, 0.4) is 0 Å². The Morgan fingerprint density at radius 3 is 2.71 bits per heavy atom. The second-order valence-corrected chi connectivity index (χ2v) is 4.65. The fourth-order valence-corrected chi connectivity index (χ4v) is 2.26. The van der Waals surface area contributed by atoms with Gasteiger partial charge in [-0.05, 0) is 49.9 Å². The Morgan fingerprint density at radius 1 is 1.41 bits per heavy atom. The van der Waals surface area contributed by atoms with Gasteiger partial charge >= 0.3 is 0 Å². The molecule has 0 heterocycles. The van der Waals surface area contributed by atoms with Crippen LogP contribution in [0.25, 0.3) is 0 Å². The summed E-state index contributed by atoms with van der Waals surface area (Å²) in [5, 5.41) is 0. The van der Waals surface area contributed by atoms with Gasteiger partial charge in [0.1, 0.15) is 11.9 Å². The van der Waals surface area contributed by atoms with E-state index in [0.29, 0.717) is 5.56 Å². The molecule has 4 N–H and O–H groups in total. The molecule has 2 unspecified atom stereocenters. The number of hydrogen-bond acceptors (Lipinski definition) is 3. The number of carbonyl (C=O) groups excluding carboxylic acids is 1. The van der Waals surface area contributed by atoms with Crippen molar-refractivity contribution in [1.29, 1.82) is 0 Å². The van der Waals surface area contributed by atoms with Crippen LogP contribution < -0.4 is 16.2 Å². The first kappa shape index (κ1) is 11.9. The average Bonchev–Trinajstić information content (AvgIpc) is 2.63. The number of nitrogens with two attached hydrogens (primary N) is 2. The molecule has 2 rings (SSSR count). The predicted molar refractivity (Wildman–Crippen MR) is 65.9 cm³/mol. The molecule has 1 amide bonds. The van der Waals surface area contributed by atoms with Crippen LogP contribution in [0, 0.1) is 6.92 Å². The number of aryl methyl sites for hydroxylation is 1. The molecule has 1 aromatic carbocycles. The van der Waals surface area contributed by atoms with Crippen LogP contribution in [-0.4, -0.2) is 18.1 Å². The number of hydrogen-bond donors (Lipinski definition) is 2. The van der Waals surface area contributed by atoms with E-state index in [4.69, 9.17) is 16.2 Å². The van der Waals surface area contributed by atoms with E-state index in [9.17, 15) is 4.79 Å². The average molecular weight is 234 g/mol. The van der Waals surface area contributed by atoms with E-state index in [1.54, 1.807) is 12.1 Å². The van der Waals surface area contributed by atoms with Gasteiger partial charge in [0.15, 0.2) is 0 Å². The van der Waals surface area contributed by atoms with Gasteiger partial charge in [-0.2, -0.15) is 0 Å². The van der Waals surface area contributed by atoms with Crippen LogP contribution in [0.5, 0.6) is 5.75 Å². The molecular formula is C13H18N2O2. The molecule has 92 valence electrons. The molecule has 0 radical (unpaired) electrons. The van der Waals surface area contributed by atoms with Crippen molar-refractivity contribution < 1.29 is 9.53 Å². The summed E-state index contributed by atoms with van der Waals surface area (Å²) in [6.07, 6.45) is 3.11. The van der Waals surface area contributed by atoms with Gasteiger partial charge in [0, 0.05) is 11.6 Å². The van der Waals surface area contributed by atoms with E-state index >= 15 is 0 Å². The molecule has 1 aliphatic carbocycles. The van der Waals surface area contributed by atoms with E-state index in [1.165, 1.54) is 0 Å². The zero-order valence-corrected chi connectivity index (χ0v) is 9.98. The quantitative estimate of drug-likeness (QED) is 0.828. The van der Waals surface area contributed by atoms with Crippen LogP contribution in [0.1, 0.15) is 35.2 Å². The summed E-state index contributed by atoms with van der Waals surface area (Å²) in [6, 6.07) is 5.61. The zero-order chi connectivity index (χ0) is 12.4. The molecule has 2 atom stereocenters. The molecular weight excluding hydrogens is 216 g/mol. The maximum Gasteiger partial charge on any atom is 0.248 e. The van der Waals surface area contributed by atoms with Crippen LogP contribution in [0.2, 0.25) is 0 Å². The highest BCUT2D eigenvalue weighted by Gasteiger charge is 2.23. The Hall–Kier alpha value is -1.55. The van der Waals surface area contributed by atoms with E-state index in [-0.39, 0.29) is 12.1 Å². The van der Waals surface area contributed by atoms with Crippen LogP contribution in [-0.2, 0) is 0 Å². The first-order valence-corrected chi connectivity index (χ1v) is 5.89. The van der Waals surface area contributed by atoms with E-state index in [0.717, 1.165) is 30.6 Å². The highest BCUT2D eigenvalue weighted by atomic mass is 16.5. The number of amides is 1. The van der Waals surface area contributed by atoms with Gasteiger partial charge in [-0.1, -0.05) is 0 Å². The summed E-state index contributed by atoms with van der Waals surface area (Å²) in [5.74, 6) is 0.378. The molecule has 1 fully saturated rings. The summed E-state index contributed by atoms with van der Waals surface area (Å²) in [7, 11) is 0. The highest BCUT2D eigenvalue weighted by Crippen LogP contribution is 2.25. The maximum absolute atomic E-state index is 11.1. The SMILES string of the molecule is Cc1cc(OC2CCC(N)C2)ccc1C(N)=O. The summed E-state index contributed by atoms with van der Waals surface area (Å²) in [6.45, 7) is 1.85. The van der Waals surface area contributed by atoms with Crippen molar-refractivity contribution in [2.75, 3.05) is 0 Å². The Balaban J connectivity index is 2.07. The molecule has 4 heteroatoms. The number of carbonyl (C=O) groups is 1. The lowest BCUT2D eigenvalue weighted by molar-refractivity contribution is 0.0999. The van der Waals surface area contributed by atoms with Gasteiger partial charge in [0.05, 0.1) is 0 Å². The second-order valence-electron chi connectivity index (χ2n) is 4.65. The fourth-order valence-electron chi connectivity index (χ4n) is 2.26. The van der Waals surface area contributed by atoms with Crippen molar-refractivity contribution in [3.8, 4) is 5.75 Å². The Bertz CT molecular complexity index is 431. The lowest BCUT2D eigenvalue weighted by Gasteiger charge is -2.14. The summed E-state index contributed by atoms with van der Waals surface area (Å²) < 4.78 is 5.83. The van der Waals surface area contributed by atoms with Gasteiger partial charge < -0.3 is 16.2 Å². The minimum atomic E-state index is -0.406. The molecule has 0 saturated heterocycles. The molecule has 1 saturated carbocycles. The van der Waals surface area contributed by atoms with Crippen molar-refractivity contribution >= 4 is 5.91 Å². The molecule has 1 aromatic rings. The molecule has 1 aliphatic rings.